The van der Waals surface area contributed by atoms with E-state index < -0.39 is 9.84 Å². The Bertz CT molecular complexity index is 928. The average Bonchev–Trinajstić information content (AvgIpc) is 3.14. The highest BCUT2D eigenvalue weighted by molar-refractivity contribution is 7.90. The first-order chi connectivity index (χ1) is 12.3. The lowest BCUT2D eigenvalue weighted by molar-refractivity contribution is 0.0537. The number of aryl methyl sites for hydroxylation is 1. The summed E-state index contributed by atoms with van der Waals surface area (Å²) in [5, 5.41) is 1.87. The van der Waals surface area contributed by atoms with Gasteiger partial charge in [0, 0.05) is 38.0 Å². The van der Waals surface area contributed by atoms with E-state index >= 15 is 0 Å². The molecule has 1 aliphatic heterocycles. The van der Waals surface area contributed by atoms with Crippen LogP contribution in [0.25, 0.3) is 0 Å². The van der Waals surface area contributed by atoms with Crippen LogP contribution in [0.5, 0.6) is 0 Å². The maximum absolute atomic E-state index is 12.8. The molecule has 1 aliphatic rings. The first kappa shape index (κ1) is 18.6. The molecule has 0 atom stereocenters. The zero-order valence-electron chi connectivity index (χ0n) is 14.6. The largest absolute Gasteiger partial charge is 0.335 e. The molecule has 8 heteroatoms. The Morgan fingerprint density at radius 3 is 2.15 bits per heavy atom. The van der Waals surface area contributed by atoms with E-state index in [1.54, 1.807) is 28.9 Å². The fourth-order valence-electron chi connectivity index (χ4n) is 2.90. The average molecular weight is 393 g/mol. The molecule has 0 aliphatic carbocycles. The van der Waals surface area contributed by atoms with Crippen LogP contribution in [-0.4, -0.2) is 62.5 Å². The van der Waals surface area contributed by atoms with Crippen molar-refractivity contribution in [1.29, 1.82) is 0 Å². The van der Waals surface area contributed by atoms with Gasteiger partial charge in [-0.15, -0.1) is 11.3 Å². The summed E-state index contributed by atoms with van der Waals surface area (Å²) in [6, 6.07) is 8.25. The van der Waals surface area contributed by atoms with Gasteiger partial charge in [-0.05, 0) is 36.1 Å². The Hall–Kier alpha value is -2.19. The topological polar surface area (TPSA) is 74.8 Å². The SMILES string of the molecule is Cc1ccc(S(C)(=O)=O)cc1C(=O)N1CCN(C(=O)c2cccs2)CC1. The Kier molecular flexibility index (Phi) is 5.15. The minimum Gasteiger partial charge on any atom is -0.335 e. The molecule has 2 aromatic rings. The van der Waals surface area contributed by atoms with E-state index in [9.17, 15) is 18.0 Å². The minimum absolute atomic E-state index is 0.0117. The summed E-state index contributed by atoms with van der Waals surface area (Å²) in [5.74, 6) is -0.210. The molecule has 6 nitrogen and oxygen atoms in total. The van der Waals surface area contributed by atoms with Crippen LogP contribution < -0.4 is 0 Å². The van der Waals surface area contributed by atoms with E-state index in [1.807, 2.05) is 11.4 Å². The standard InChI is InChI=1S/C18H20N2O4S2/c1-13-5-6-14(26(2,23)24)12-15(13)17(21)19-7-9-20(10-8-19)18(22)16-4-3-11-25-16/h3-6,11-12H,7-10H2,1-2H3. The summed E-state index contributed by atoms with van der Waals surface area (Å²) in [6.45, 7) is 3.58. The number of piperazine rings is 1. The molecular formula is C18H20N2O4S2. The van der Waals surface area contributed by atoms with Gasteiger partial charge in [-0.25, -0.2) is 8.42 Å². The molecule has 0 radical (unpaired) electrons. The second kappa shape index (κ2) is 7.20. The molecule has 138 valence electrons. The highest BCUT2D eigenvalue weighted by atomic mass is 32.2. The molecule has 1 saturated heterocycles. The van der Waals surface area contributed by atoms with Crippen LogP contribution in [-0.2, 0) is 9.84 Å². The van der Waals surface area contributed by atoms with Gasteiger partial charge in [0.05, 0.1) is 9.77 Å². The molecule has 1 aromatic carbocycles. The van der Waals surface area contributed by atoms with Crippen molar-refractivity contribution in [2.45, 2.75) is 11.8 Å². The van der Waals surface area contributed by atoms with Crippen molar-refractivity contribution in [3.63, 3.8) is 0 Å². The summed E-state index contributed by atoms with van der Waals surface area (Å²) in [4.78, 5) is 29.5. The third-order valence-corrected chi connectivity index (χ3v) is 6.42. The van der Waals surface area contributed by atoms with E-state index in [2.05, 4.69) is 0 Å². The molecule has 1 aromatic heterocycles. The number of thiophene rings is 1. The first-order valence-corrected chi connectivity index (χ1v) is 11.0. The molecular weight excluding hydrogens is 372 g/mol. The van der Waals surface area contributed by atoms with Gasteiger partial charge in [0.15, 0.2) is 9.84 Å². The predicted octanol–water partition coefficient (Wildman–Crippen LogP) is 2.06. The Labute approximate surface area is 157 Å². The highest BCUT2D eigenvalue weighted by Gasteiger charge is 2.27. The third-order valence-electron chi connectivity index (χ3n) is 4.45. The van der Waals surface area contributed by atoms with E-state index in [-0.39, 0.29) is 16.7 Å². The van der Waals surface area contributed by atoms with E-state index in [0.717, 1.165) is 11.8 Å². The van der Waals surface area contributed by atoms with Gasteiger partial charge in [0.25, 0.3) is 11.8 Å². The first-order valence-electron chi connectivity index (χ1n) is 8.20. The molecule has 0 unspecified atom stereocenters. The quantitative estimate of drug-likeness (QED) is 0.801. The molecule has 26 heavy (non-hydrogen) atoms. The van der Waals surface area contributed by atoms with Crippen LogP contribution >= 0.6 is 11.3 Å². The number of benzene rings is 1. The lowest BCUT2D eigenvalue weighted by Crippen LogP contribution is -2.50. The number of amides is 2. The maximum atomic E-state index is 12.8. The van der Waals surface area contributed by atoms with Crippen LogP contribution in [0.3, 0.4) is 0 Å². The molecule has 1 fully saturated rings. The fraction of sp³-hybridized carbons (Fsp3) is 0.333. The summed E-state index contributed by atoms with van der Waals surface area (Å²) in [7, 11) is -3.37. The highest BCUT2D eigenvalue weighted by Crippen LogP contribution is 2.19. The Balaban J connectivity index is 1.72. The minimum atomic E-state index is -3.37. The van der Waals surface area contributed by atoms with Crippen molar-refractivity contribution in [3.8, 4) is 0 Å². The van der Waals surface area contributed by atoms with Crippen LogP contribution in [0, 0.1) is 6.92 Å². The Morgan fingerprint density at radius 2 is 1.62 bits per heavy atom. The number of carbonyl (C=O) groups is 2. The maximum Gasteiger partial charge on any atom is 0.264 e. The third kappa shape index (κ3) is 3.81. The smallest absolute Gasteiger partial charge is 0.264 e. The van der Waals surface area contributed by atoms with Crippen molar-refractivity contribution < 1.29 is 18.0 Å². The van der Waals surface area contributed by atoms with E-state index in [1.165, 1.54) is 23.5 Å². The fourth-order valence-corrected chi connectivity index (χ4v) is 4.24. The van der Waals surface area contributed by atoms with Gasteiger partial charge in [0.1, 0.15) is 0 Å². The number of carbonyl (C=O) groups excluding carboxylic acids is 2. The lowest BCUT2D eigenvalue weighted by atomic mass is 10.1. The number of rotatable bonds is 3. The lowest BCUT2D eigenvalue weighted by Gasteiger charge is -2.34. The number of hydrogen-bond donors (Lipinski definition) is 0. The van der Waals surface area contributed by atoms with Gasteiger partial charge < -0.3 is 9.80 Å². The van der Waals surface area contributed by atoms with Gasteiger partial charge in [-0.3, -0.25) is 9.59 Å². The van der Waals surface area contributed by atoms with Crippen LogP contribution in [0.15, 0.2) is 40.6 Å². The van der Waals surface area contributed by atoms with Gasteiger partial charge >= 0.3 is 0 Å². The normalized spacial score (nSPS) is 15.2. The van der Waals surface area contributed by atoms with Crippen molar-refractivity contribution >= 4 is 33.0 Å². The Morgan fingerprint density at radius 1 is 1.00 bits per heavy atom. The number of nitrogens with zero attached hydrogens (tertiary/aromatic N) is 2. The van der Waals surface area contributed by atoms with Crippen LogP contribution in [0.4, 0.5) is 0 Å². The molecule has 0 bridgehead atoms. The summed E-state index contributed by atoms with van der Waals surface area (Å²) >= 11 is 1.41. The summed E-state index contributed by atoms with van der Waals surface area (Å²) < 4.78 is 23.5. The molecule has 2 amide bonds. The van der Waals surface area contributed by atoms with Crippen LogP contribution in [0.2, 0.25) is 0 Å². The van der Waals surface area contributed by atoms with Gasteiger partial charge in [0.2, 0.25) is 0 Å². The van der Waals surface area contributed by atoms with Crippen molar-refractivity contribution in [2.75, 3.05) is 32.4 Å². The zero-order chi connectivity index (χ0) is 18.9. The second-order valence-electron chi connectivity index (χ2n) is 6.31. The second-order valence-corrected chi connectivity index (χ2v) is 9.27. The molecule has 0 spiro atoms. The van der Waals surface area contributed by atoms with Gasteiger partial charge in [-0.2, -0.15) is 0 Å². The summed E-state index contributed by atoms with van der Waals surface area (Å²) in [5.41, 5.74) is 1.13. The molecule has 3 rings (SSSR count). The van der Waals surface area contributed by atoms with Crippen LogP contribution in [0.1, 0.15) is 25.6 Å². The number of hydrogen-bond acceptors (Lipinski definition) is 5. The van der Waals surface area contributed by atoms with Crippen molar-refractivity contribution in [3.05, 3.63) is 51.7 Å². The summed E-state index contributed by atoms with van der Waals surface area (Å²) in [6.07, 6.45) is 1.13. The van der Waals surface area contributed by atoms with E-state index in [0.29, 0.717) is 36.6 Å². The molecule has 2 heterocycles. The molecule has 0 N–H and O–H groups in total. The van der Waals surface area contributed by atoms with E-state index in [4.69, 9.17) is 0 Å². The number of sulfone groups is 1. The van der Waals surface area contributed by atoms with Crippen molar-refractivity contribution in [2.24, 2.45) is 0 Å². The zero-order valence-corrected chi connectivity index (χ0v) is 16.3. The molecule has 0 saturated carbocycles. The monoisotopic (exact) mass is 392 g/mol. The predicted molar refractivity (Wildman–Crippen MR) is 100 cm³/mol. The van der Waals surface area contributed by atoms with Gasteiger partial charge in [-0.1, -0.05) is 12.1 Å². The van der Waals surface area contributed by atoms with Crippen molar-refractivity contribution in [1.82, 2.24) is 9.80 Å².